The van der Waals surface area contributed by atoms with Crippen LogP contribution in [0.25, 0.3) is 10.9 Å². The predicted octanol–water partition coefficient (Wildman–Crippen LogP) is 4.31. The first-order chi connectivity index (χ1) is 13.6. The first-order valence-corrected chi connectivity index (χ1v) is 9.53. The van der Waals surface area contributed by atoms with E-state index in [0.29, 0.717) is 16.5 Å². The molecule has 1 fully saturated rings. The van der Waals surface area contributed by atoms with Gasteiger partial charge in [-0.3, -0.25) is 9.89 Å². The molecular formula is C22H23N3O3. The number of aromatic hydroxyl groups is 1. The molecule has 1 aromatic heterocycles. The Balaban J connectivity index is 1.53. The van der Waals surface area contributed by atoms with Gasteiger partial charge in [0.1, 0.15) is 0 Å². The molecule has 0 saturated carbocycles. The number of fused-ring (bicyclic) bond motifs is 1. The number of nitrogens with one attached hydrogen (secondary N) is 1. The zero-order valence-electron chi connectivity index (χ0n) is 15.6. The van der Waals surface area contributed by atoms with Gasteiger partial charge >= 0.3 is 5.97 Å². The molecule has 0 unspecified atom stereocenters. The average molecular weight is 377 g/mol. The molecule has 144 valence electrons. The third kappa shape index (κ3) is 3.92. The topological polar surface area (TPSA) is 88.9 Å². The van der Waals surface area contributed by atoms with E-state index in [1.807, 2.05) is 12.1 Å². The van der Waals surface area contributed by atoms with Crippen molar-refractivity contribution in [2.75, 3.05) is 13.1 Å². The largest absolute Gasteiger partial charge is 0.494 e. The van der Waals surface area contributed by atoms with Gasteiger partial charge < -0.3 is 15.2 Å². The van der Waals surface area contributed by atoms with E-state index in [2.05, 4.69) is 27.0 Å². The smallest absolute Gasteiger partial charge is 0.335 e. The fourth-order valence-corrected chi connectivity index (χ4v) is 3.66. The number of H-pyrrole nitrogens is 1. The molecule has 0 atom stereocenters. The molecule has 28 heavy (non-hydrogen) atoms. The summed E-state index contributed by atoms with van der Waals surface area (Å²) in [4.78, 5) is 21.0. The summed E-state index contributed by atoms with van der Waals surface area (Å²) >= 11 is 0. The van der Waals surface area contributed by atoms with Crippen LogP contribution < -0.4 is 0 Å². The molecule has 0 amide bonds. The molecule has 2 heterocycles. The lowest BCUT2D eigenvalue weighted by atomic mass is 10.1. The van der Waals surface area contributed by atoms with Crippen molar-refractivity contribution >= 4 is 28.8 Å². The first kappa shape index (κ1) is 18.3. The lowest BCUT2D eigenvalue weighted by Crippen LogP contribution is -2.28. The Bertz CT molecular complexity index is 1020. The van der Waals surface area contributed by atoms with Gasteiger partial charge in [0.2, 0.25) is 0 Å². The molecule has 0 bridgehead atoms. The second kappa shape index (κ2) is 7.86. The second-order valence-corrected chi connectivity index (χ2v) is 7.21. The van der Waals surface area contributed by atoms with Crippen LogP contribution in [0.4, 0.5) is 5.69 Å². The van der Waals surface area contributed by atoms with E-state index in [1.54, 1.807) is 12.3 Å². The summed E-state index contributed by atoms with van der Waals surface area (Å²) in [6.07, 6.45) is 5.46. The number of carbonyl (C=O) groups is 1. The van der Waals surface area contributed by atoms with E-state index >= 15 is 0 Å². The number of piperidine rings is 1. The normalized spacial score (nSPS) is 15.4. The summed E-state index contributed by atoms with van der Waals surface area (Å²) in [5, 5.41) is 20.0. The first-order valence-electron chi connectivity index (χ1n) is 9.53. The van der Waals surface area contributed by atoms with Gasteiger partial charge in [0.05, 0.1) is 16.8 Å². The van der Waals surface area contributed by atoms with E-state index in [1.165, 1.54) is 37.0 Å². The highest BCUT2D eigenvalue weighted by molar-refractivity contribution is 6.05. The number of aromatic nitrogens is 1. The lowest BCUT2D eigenvalue weighted by Gasteiger charge is -2.26. The van der Waals surface area contributed by atoms with Crippen molar-refractivity contribution in [3.63, 3.8) is 0 Å². The van der Waals surface area contributed by atoms with Gasteiger partial charge in [-0.2, -0.15) is 0 Å². The summed E-state index contributed by atoms with van der Waals surface area (Å²) in [5.41, 5.74) is 3.37. The van der Waals surface area contributed by atoms with Crippen molar-refractivity contribution in [3.8, 4) is 5.88 Å². The Morgan fingerprint density at radius 1 is 1.11 bits per heavy atom. The highest BCUT2D eigenvalue weighted by Gasteiger charge is 2.12. The molecule has 1 aliphatic heterocycles. The molecule has 2 aromatic carbocycles. The van der Waals surface area contributed by atoms with Crippen molar-refractivity contribution in [1.82, 2.24) is 9.88 Å². The number of aliphatic imine (C=N–C) groups is 1. The molecule has 4 rings (SSSR count). The number of hydrogen-bond acceptors (Lipinski definition) is 4. The quantitative estimate of drug-likeness (QED) is 0.578. The Morgan fingerprint density at radius 3 is 2.57 bits per heavy atom. The Labute approximate surface area is 163 Å². The summed E-state index contributed by atoms with van der Waals surface area (Å²) in [6.45, 7) is 3.29. The van der Waals surface area contributed by atoms with Crippen LogP contribution in [0.1, 0.15) is 40.7 Å². The minimum atomic E-state index is -1.00. The molecule has 6 heteroatoms. The van der Waals surface area contributed by atoms with Crippen molar-refractivity contribution in [1.29, 1.82) is 0 Å². The highest BCUT2D eigenvalue weighted by atomic mass is 16.4. The molecular weight excluding hydrogens is 354 g/mol. The zero-order chi connectivity index (χ0) is 19.5. The van der Waals surface area contributed by atoms with E-state index in [9.17, 15) is 15.0 Å². The number of hydrogen-bond donors (Lipinski definition) is 3. The van der Waals surface area contributed by atoms with Crippen LogP contribution in [0.3, 0.4) is 0 Å². The fraction of sp³-hybridized carbons (Fsp3) is 0.273. The minimum Gasteiger partial charge on any atom is -0.494 e. The van der Waals surface area contributed by atoms with Gasteiger partial charge in [-0.15, -0.1) is 0 Å². The van der Waals surface area contributed by atoms with Crippen LogP contribution in [0, 0.1) is 0 Å². The lowest BCUT2D eigenvalue weighted by molar-refractivity contribution is 0.0697. The monoisotopic (exact) mass is 377 g/mol. The van der Waals surface area contributed by atoms with Gasteiger partial charge in [0.15, 0.2) is 5.88 Å². The van der Waals surface area contributed by atoms with Gasteiger partial charge in [-0.05, 0) is 61.8 Å². The Morgan fingerprint density at radius 2 is 1.86 bits per heavy atom. The molecule has 3 aromatic rings. The summed E-state index contributed by atoms with van der Waals surface area (Å²) in [7, 11) is 0. The number of likely N-dealkylation sites (tertiary alicyclic amines) is 1. The number of rotatable bonds is 5. The second-order valence-electron chi connectivity index (χ2n) is 7.21. The molecule has 0 aliphatic carbocycles. The standard InChI is InChI=1S/C22H23N3O3/c26-21-19(18-12-16(22(27)28)6-9-20(18)24-21)13-23-17-7-4-15(5-8-17)14-25-10-2-1-3-11-25/h4-9,12-13,24,26H,1-3,10-11,14H2,(H,27,28). The number of benzene rings is 2. The molecule has 1 aliphatic rings. The van der Waals surface area contributed by atoms with Gasteiger partial charge in [-0.1, -0.05) is 18.6 Å². The van der Waals surface area contributed by atoms with Gasteiger partial charge in [-0.25, -0.2) is 4.79 Å². The van der Waals surface area contributed by atoms with Gasteiger partial charge in [0, 0.05) is 23.7 Å². The maximum Gasteiger partial charge on any atom is 0.335 e. The molecule has 6 nitrogen and oxygen atoms in total. The van der Waals surface area contributed by atoms with Crippen LogP contribution in [0.2, 0.25) is 0 Å². The Kier molecular flexibility index (Phi) is 5.12. The number of aromatic carboxylic acids is 1. The number of carboxylic acids is 1. The predicted molar refractivity (Wildman–Crippen MR) is 110 cm³/mol. The van der Waals surface area contributed by atoms with Crippen LogP contribution in [-0.2, 0) is 6.54 Å². The third-order valence-corrected chi connectivity index (χ3v) is 5.20. The average Bonchev–Trinajstić information content (AvgIpc) is 3.02. The highest BCUT2D eigenvalue weighted by Crippen LogP contribution is 2.27. The van der Waals surface area contributed by atoms with E-state index in [-0.39, 0.29) is 11.4 Å². The van der Waals surface area contributed by atoms with E-state index < -0.39 is 5.97 Å². The van der Waals surface area contributed by atoms with Crippen LogP contribution in [0.15, 0.2) is 47.5 Å². The summed E-state index contributed by atoms with van der Waals surface area (Å²) < 4.78 is 0. The molecule has 0 spiro atoms. The third-order valence-electron chi connectivity index (χ3n) is 5.20. The van der Waals surface area contributed by atoms with Crippen LogP contribution in [0.5, 0.6) is 5.88 Å². The van der Waals surface area contributed by atoms with Crippen molar-refractivity contribution in [2.24, 2.45) is 4.99 Å². The summed E-state index contributed by atoms with van der Waals surface area (Å²) in [5.74, 6) is -1.03. The van der Waals surface area contributed by atoms with Crippen LogP contribution >= 0.6 is 0 Å². The van der Waals surface area contributed by atoms with Crippen molar-refractivity contribution < 1.29 is 15.0 Å². The maximum absolute atomic E-state index is 11.2. The molecule has 3 N–H and O–H groups in total. The Hall–Kier alpha value is -3.12. The van der Waals surface area contributed by atoms with Gasteiger partial charge in [0.25, 0.3) is 0 Å². The van der Waals surface area contributed by atoms with E-state index in [0.717, 1.165) is 25.3 Å². The van der Waals surface area contributed by atoms with Crippen molar-refractivity contribution in [2.45, 2.75) is 25.8 Å². The van der Waals surface area contributed by atoms with Crippen molar-refractivity contribution in [3.05, 3.63) is 59.2 Å². The number of carboxylic acid groups (broad SMARTS) is 1. The molecule has 0 radical (unpaired) electrons. The number of nitrogens with zero attached hydrogens (tertiary/aromatic N) is 2. The maximum atomic E-state index is 11.2. The summed E-state index contributed by atoms with van der Waals surface area (Å²) in [6, 6.07) is 12.8. The minimum absolute atomic E-state index is 0.0250. The number of aromatic amines is 1. The fourth-order valence-electron chi connectivity index (χ4n) is 3.66. The SMILES string of the molecule is O=C(O)c1ccc2[nH]c(O)c(C=Nc3ccc(CN4CCCCC4)cc3)c2c1. The van der Waals surface area contributed by atoms with E-state index in [4.69, 9.17) is 0 Å². The zero-order valence-corrected chi connectivity index (χ0v) is 15.6. The molecule has 1 saturated heterocycles. The van der Waals surface area contributed by atoms with Crippen LogP contribution in [-0.4, -0.2) is 45.4 Å².